The summed E-state index contributed by atoms with van der Waals surface area (Å²) in [5.41, 5.74) is 1.34. The number of aliphatic imine (C=N–C) groups is 1. The number of thiophene rings is 1. The van der Waals surface area contributed by atoms with Gasteiger partial charge in [-0.2, -0.15) is 11.3 Å². The van der Waals surface area contributed by atoms with E-state index in [1.807, 2.05) is 11.8 Å². The third-order valence-electron chi connectivity index (χ3n) is 2.45. The van der Waals surface area contributed by atoms with Gasteiger partial charge in [-0.15, -0.1) is 0 Å². The number of amidine groups is 1. The molecule has 0 aliphatic carbocycles. The summed E-state index contributed by atoms with van der Waals surface area (Å²) < 4.78 is 0. The molecule has 2 rings (SSSR count). The maximum Gasteiger partial charge on any atom is 0.157 e. The predicted molar refractivity (Wildman–Crippen MR) is 69.7 cm³/mol. The van der Waals surface area contributed by atoms with Crippen LogP contribution in [0.1, 0.15) is 19.4 Å². The summed E-state index contributed by atoms with van der Waals surface area (Å²) in [4.78, 5) is 4.51. The SMILES string of the molecule is CC(C)C1CN=C(NCc2ccsc2)S1. The Morgan fingerprint density at radius 3 is 3.07 bits per heavy atom. The Labute approximate surface area is 99.2 Å². The van der Waals surface area contributed by atoms with Crippen molar-refractivity contribution in [1.29, 1.82) is 0 Å². The van der Waals surface area contributed by atoms with Gasteiger partial charge in [-0.25, -0.2) is 0 Å². The first-order valence-electron chi connectivity index (χ1n) is 5.22. The van der Waals surface area contributed by atoms with Crippen molar-refractivity contribution in [2.75, 3.05) is 6.54 Å². The molecule has 1 N–H and O–H groups in total. The van der Waals surface area contributed by atoms with Gasteiger partial charge in [0.25, 0.3) is 0 Å². The van der Waals surface area contributed by atoms with E-state index in [-0.39, 0.29) is 0 Å². The standard InChI is InChI=1S/C11H16N2S2/c1-8(2)10-6-13-11(15-10)12-5-9-3-4-14-7-9/h3-4,7-8,10H,5-6H2,1-2H3,(H,12,13). The van der Waals surface area contributed by atoms with Crippen LogP contribution in [0.25, 0.3) is 0 Å². The Balaban J connectivity index is 1.78. The van der Waals surface area contributed by atoms with Gasteiger partial charge in [0.05, 0.1) is 6.54 Å². The van der Waals surface area contributed by atoms with Crippen LogP contribution in [0.3, 0.4) is 0 Å². The van der Waals surface area contributed by atoms with Gasteiger partial charge in [0.2, 0.25) is 0 Å². The van der Waals surface area contributed by atoms with E-state index >= 15 is 0 Å². The Bertz CT molecular complexity index is 330. The van der Waals surface area contributed by atoms with E-state index in [1.165, 1.54) is 5.56 Å². The molecular formula is C11H16N2S2. The van der Waals surface area contributed by atoms with Crippen LogP contribution in [0.2, 0.25) is 0 Å². The van der Waals surface area contributed by atoms with E-state index in [0.717, 1.165) is 18.3 Å². The molecule has 1 aromatic rings. The summed E-state index contributed by atoms with van der Waals surface area (Å²) in [6.45, 7) is 6.39. The molecule has 0 saturated heterocycles. The van der Waals surface area contributed by atoms with Crippen LogP contribution in [0.4, 0.5) is 0 Å². The summed E-state index contributed by atoms with van der Waals surface area (Å²) in [7, 11) is 0. The number of nitrogens with zero attached hydrogens (tertiary/aromatic N) is 1. The molecule has 0 bridgehead atoms. The minimum atomic E-state index is 0.662. The first kappa shape index (κ1) is 11.0. The molecule has 15 heavy (non-hydrogen) atoms. The molecule has 0 radical (unpaired) electrons. The third-order valence-corrected chi connectivity index (χ3v) is 4.67. The Hall–Kier alpha value is -0.480. The second-order valence-electron chi connectivity index (χ2n) is 4.03. The summed E-state index contributed by atoms with van der Waals surface area (Å²) in [5.74, 6) is 0.708. The van der Waals surface area contributed by atoms with Crippen LogP contribution in [0.15, 0.2) is 21.8 Å². The Kier molecular flexibility index (Phi) is 3.70. The average molecular weight is 240 g/mol. The lowest BCUT2D eigenvalue weighted by atomic mass is 10.1. The highest BCUT2D eigenvalue weighted by atomic mass is 32.2. The lowest BCUT2D eigenvalue weighted by Crippen LogP contribution is -2.19. The van der Waals surface area contributed by atoms with Crippen molar-refractivity contribution in [2.45, 2.75) is 25.6 Å². The molecule has 0 spiro atoms. The van der Waals surface area contributed by atoms with Crippen molar-refractivity contribution in [3.63, 3.8) is 0 Å². The van der Waals surface area contributed by atoms with Crippen molar-refractivity contribution >= 4 is 28.3 Å². The Morgan fingerprint density at radius 2 is 2.47 bits per heavy atom. The number of hydrogen-bond acceptors (Lipinski definition) is 4. The van der Waals surface area contributed by atoms with Crippen molar-refractivity contribution < 1.29 is 0 Å². The van der Waals surface area contributed by atoms with E-state index in [4.69, 9.17) is 0 Å². The van der Waals surface area contributed by atoms with Crippen LogP contribution in [-0.2, 0) is 6.54 Å². The van der Waals surface area contributed by atoms with Crippen molar-refractivity contribution in [3.05, 3.63) is 22.4 Å². The molecule has 2 nitrogen and oxygen atoms in total. The highest BCUT2D eigenvalue weighted by molar-refractivity contribution is 8.14. The largest absolute Gasteiger partial charge is 0.361 e. The number of rotatable bonds is 3. The zero-order valence-electron chi connectivity index (χ0n) is 9.06. The molecular weight excluding hydrogens is 224 g/mol. The average Bonchev–Trinajstić information content (AvgIpc) is 2.86. The normalized spacial score (nSPS) is 20.7. The van der Waals surface area contributed by atoms with Gasteiger partial charge in [0.15, 0.2) is 5.17 Å². The van der Waals surface area contributed by atoms with Crippen LogP contribution in [0, 0.1) is 5.92 Å². The van der Waals surface area contributed by atoms with Gasteiger partial charge in [0.1, 0.15) is 0 Å². The van der Waals surface area contributed by atoms with E-state index < -0.39 is 0 Å². The van der Waals surface area contributed by atoms with Gasteiger partial charge >= 0.3 is 0 Å². The molecule has 82 valence electrons. The van der Waals surface area contributed by atoms with E-state index in [1.54, 1.807) is 11.3 Å². The summed E-state index contributed by atoms with van der Waals surface area (Å²) in [6, 6.07) is 2.15. The van der Waals surface area contributed by atoms with Crippen molar-refractivity contribution in [1.82, 2.24) is 5.32 Å². The highest BCUT2D eigenvalue weighted by Crippen LogP contribution is 2.26. The first-order valence-corrected chi connectivity index (χ1v) is 7.04. The summed E-state index contributed by atoms with van der Waals surface area (Å²) in [5, 5.41) is 9.44. The van der Waals surface area contributed by atoms with Gasteiger partial charge in [-0.05, 0) is 28.3 Å². The Morgan fingerprint density at radius 1 is 1.60 bits per heavy atom. The van der Waals surface area contributed by atoms with Crippen LogP contribution < -0.4 is 5.32 Å². The lowest BCUT2D eigenvalue weighted by molar-refractivity contribution is 0.621. The van der Waals surface area contributed by atoms with Crippen LogP contribution in [-0.4, -0.2) is 17.0 Å². The third kappa shape index (κ3) is 2.98. The fourth-order valence-electron chi connectivity index (χ4n) is 1.41. The van der Waals surface area contributed by atoms with Crippen LogP contribution in [0.5, 0.6) is 0 Å². The van der Waals surface area contributed by atoms with E-state index in [9.17, 15) is 0 Å². The molecule has 0 saturated carbocycles. The summed E-state index contributed by atoms with van der Waals surface area (Å²) >= 11 is 3.62. The number of hydrogen-bond donors (Lipinski definition) is 1. The van der Waals surface area contributed by atoms with Crippen molar-refractivity contribution in [2.24, 2.45) is 10.9 Å². The molecule has 0 aromatic carbocycles. The van der Waals surface area contributed by atoms with Gasteiger partial charge in [-0.1, -0.05) is 25.6 Å². The first-order chi connectivity index (χ1) is 7.25. The predicted octanol–water partition coefficient (Wildman–Crippen LogP) is 2.97. The lowest BCUT2D eigenvalue weighted by Gasteiger charge is -2.11. The zero-order chi connectivity index (χ0) is 10.7. The maximum absolute atomic E-state index is 4.51. The monoisotopic (exact) mass is 240 g/mol. The fraction of sp³-hybridized carbons (Fsp3) is 0.545. The molecule has 1 unspecified atom stereocenters. The second kappa shape index (κ2) is 5.03. The molecule has 4 heteroatoms. The van der Waals surface area contributed by atoms with Crippen molar-refractivity contribution in [3.8, 4) is 0 Å². The number of thioether (sulfide) groups is 1. The number of nitrogens with one attached hydrogen (secondary N) is 1. The molecule has 1 atom stereocenters. The smallest absolute Gasteiger partial charge is 0.157 e. The minimum absolute atomic E-state index is 0.662. The van der Waals surface area contributed by atoms with Gasteiger partial charge < -0.3 is 5.32 Å². The molecule has 1 aliphatic heterocycles. The maximum atomic E-state index is 4.51. The molecule has 2 heterocycles. The van der Waals surface area contributed by atoms with Gasteiger partial charge in [-0.3, -0.25) is 4.99 Å². The summed E-state index contributed by atoms with van der Waals surface area (Å²) in [6.07, 6.45) is 0. The van der Waals surface area contributed by atoms with Crippen LogP contribution >= 0.6 is 23.1 Å². The molecule has 1 aliphatic rings. The zero-order valence-corrected chi connectivity index (χ0v) is 10.7. The topological polar surface area (TPSA) is 24.4 Å². The highest BCUT2D eigenvalue weighted by Gasteiger charge is 2.21. The molecule has 1 aromatic heterocycles. The second-order valence-corrected chi connectivity index (χ2v) is 6.04. The minimum Gasteiger partial charge on any atom is -0.361 e. The van der Waals surface area contributed by atoms with Gasteiger partial charge in [0, 0.05) is 11.8 Å². The van der Waals surface area contributed by atoms with E-state index in [2.05, 4.69) is 41.0 Å². The van der Waals surface area contributed by atoms with E-state index in [0.29, 0.717) is 11.2 Å². The quantitative estimate of drug-likeness (QED) is 0.878. The fourth-order valence-corrected chi connectivity index (χ4v) is 3.09. The molecule has 0 amide bonds. The molecule has 0 fully saturated rings.